The van der Waals surface area contributed by atoms with Gasteiger partial charge in [-0.2, -0.15) is 4.80 Å². The summed E-state index contributed by atoms with van der Waals surface area (Å²) in [5.41, 5.74) is 2.98. The third kappa shape index (κ3) is 4.62. The van der Waals surface area contributed by atoms with Gasteiger partial charge in [-0.1, -0.05) is 5.10 Å². The molecule has 9 nitrogen and oxygen atoms in total. The third-order valence-corrected chi connectivity index (χ3v) is 5.56. The SMILES string of the molecule is CCN(C)c1nc2c(cc1CN(Cc1cc(F)cc(F)c1)c1nnn(C)n1)nc(C)n2CC. The van der Waals surface area contributed by atoms with Gasteiger partial charge in [-0.05, 0) is 49.7 Å². The lowest BCUT2D eigenvalue weighted by molar-refractivity contribution is 0.578. The van der Waals surface area contributed by atoms with Gasteiger partial charge in [0.2, 0.25) is 0 Å². The molecule has 4 aromatic rings. The zero-order valence-corrected chi connectivity index (χ0v) is 19.4. The Balaban J connectivity index is 1.79. The van der Waals surface area contributed by atoms with Crippen molar-refractivity contribution >= 4 is 22.9 Å². The van der Waals surface area contributed by atoms with Crippen molar-refractivity contribution in [2.45, 2.75) is 40.4 Å². The predicted molar refractivity (Wildman–Crippen MR) is 122 cm³/mol. The van der Waals surface area contributed by atoms with Crippen LogP contribution in [-0.2, 0) is 26.7 Å². The highest BCUT2D eigenvalue weighted by Gasteiger charge is 2.21. The Labute approximate surface area is 190 Å². The molecule has 1 aromatic carbocycles. The van der Waals surface area contributed by atoms with Crippen molar-refractivity contribution in [1.82, 2.24) is 34.7 Å². The number of hydrogen-bond donors (Lipinski definition) is 0. The maximum atomic E-state index is 13.8. The van der Waals surface area contributed by atoms with Crippen molar-refractivity contribution in [3.05, 3.63) is 52.9 Å². The number of anilines is 2. The van der Waals surface area contributed by atoms with Gasteiger partial charge in [0.1, 0.15) is 28.8 Å². The van der Waals surface area contributed by atoms with Gasteiger partial charge in [0.05, 0.1) is 13.6 Å². The summed E-state index contributed by atoms with van der Waals surface area (Å²) in [6.45, 7) is 8.14. The lowest BCUT2D eigenvalue weighted by atomic mass is 10.1. The van der Waals surface area contributed by atoms with Crippen molar-refractivity contribution < 1.29 is 8.78 Å². The fourth-order valence-corrected chi connectivity index (χ4v) is 3.89. The molecule has 174 valence electrons. The second-order valence-corrected chi connectivity index (χ2v) is 7.94. The van der Waals surface area contributed by atoms with Gasteiger partial charge in [-0.25, -0.2) is 18.7 Å². The molecule has 0 fully saturated rings. The highest BCUT2D eigenvalue weighted by molar-refractivity contribution is 5.76. The van der Waals surface area contributed by atoms with E-state index in [1.54, 1.807) is 7.05 Å². The van der Waals surface area contributed by atoms with E-state index in [0.29, 0.717) is 18.1 Å². The van der Waals surface area contributed by atoms with E-state index in [1.165, 1.54) is 16.9 Å². The van der Waals surface area contributed by atoms with Crippen molar-refractivity contribution in [2.75, 3.05) is 23.4 Å². The van der Waals surface area contributed by atoms with E-state index < -0.39 is 11.6 Å². The van der Waals surface area contributed by atoms with E-state index in [0.717, 1.165) is 47.5 Å². The van der Waals surface area contributed by atoms with E-state index in [-0.39, 0.29) is 6.54 Å². The first kappa shape index (κ1) is 22.6. The molecule has 4 rings (SSSR count). The topological polar surface area (TPSA) is 80.8 Å². The normalized spacial score (nSPS) is 11.4. The lowest BCUT2D eigenvalue weighted by Gasteiger charge is -2.25. The zero-order chi connectivity index (χ0) is 23.7. The van der Waals surface area contributed by atoms with Crippen LogP contribution in [0.5, 0.6) is 0 Å². The van der Waals surface area contributed by atoms with E-state index in [1.807, 2.05) is 24.9 Å². The molecule has 3 heterocycles. The Morgan fingerprint density at radius 3 is 2.33 bits per heavy atom. The Kier molecular flexibility index (Phi) is 6.21. The Bertz CT molecular complexity index is 1260. The fourth-order valence-electron chi connectivity index (χ4n) is 3.89. The maximum Gasteiger partial charge on any atom is 0.266 e. The molecule has 0 radical (unpaired) electrons. The summed E-state index contributed by atoms with van der Waals surface area (Å²) in [4.78, 5) is 14.8. The molecule has 0 atom stereocenters. The molecule has 0 N–H and O–H groups in total. The van der Waals surface area contributed by atoms with Crippen LogP contribution in [-0.4, -0.2) is 48.3 Å². The van der Waals surface area contributed by atoms with Crippen LogP contribution in [0.2, 0.25) is 0 Å². The summed E-state index contributed by atoms with van der Waals surface area (Å²) in [6.07, 6.45) is 0. The van der Waals surface area contributed by atoms with E-state index in [4.69, 9.17) is 4.98 Å². The van der Waals surface area contributed by atoms with Crippen LogP contribution in [0.1, 0.15) is 30.8 Å². The first-order valence-corrected chi connectivity index (χ1v) is 10.8. The molecule has 0 aliphatic heterocycles. The molecule has 0 aliphatic rings. The van der Waals surface area contributed by atoms with E-state index in [2.05, 4.69) is 43.7 Å². The minimum absolute atomic E-state index is 0.191. The Morgan fingerprint density at radius 2 is 1.73 bits per heavy atom. The van der Waals surface area contributed by atoms with Crippen LogP contribution in [0.3, 0.4) is 0 Å². The smallest absolute Gasteiger partial charge is 0.266 e. The first-order valence-electron chi connectivity index (χ1n) is 10.8. The van der Waals surface area contributed by atoms with E-state index >= 15 is 0 Å². The van der Waals surface area contributed by atoms with Gasteiger partial charge >= 0.3 is 0 Å². The second-order valence-electron chi connectivity index (χ2n) is 7.94. The monoisotopic (exact) mass is 455 g/mol. The molecule has 3 aromatic heterocycles. The second kappa shape index (κ2) is 9.08. The van der Waals surface area contributed by atoms with Crippen molar-refractivity contribution in [3.63, 3.8) is 0 Å². The number of nitrogens with zero attached hydrogens (tertiary/aromatic N) is 9. The number of aromatic nitrogens is 7. The molecule has 0 bridgehead atoms. The standard InChI is InChI=1S/C22H27F2N9/c1-6-30(4)20-16(10-19-21(26-20)33(7-2)14(3)25-19)13-32(22-27-29-31(5)28-22)12-15-8-17(23)11-18(24)9-15/h8-11H,6-7,12-13H2,1-5H3. The van der Waals surface area contributed by atoms with Crippen LogP contribution in [0.15, 0.2) is 24.3 Å². The maximum absolute atomic E-state index is 13.8. The van der Waals surface area contributed by atoms with Crippen molar-refractivity contribution in [2.24, 2.45) is 7.05 Å². The van der Waals surface area contributed by atoms with Crippen LogP contribution in [0, 0.1) is 18.6 Å². The van der Waals surface area contributed by atoms with Crippen LogP contribution >= 0.6 is 0 Å². The molecule has 11 heteroatoms. The van der Waals surface area contributed by atoms with Gasteiger partial charge in [0, 0.05) is 38.3 Å². The van der Waals surface area contributed by atoms with Crippen LogP contribution in [0.4, 0.5) is 20.5 Å². The number of pyridine rings is 1. The summed E-state index contributed by atoms with van der Waals surface area (Å²) in [7, 11) is 3.64. The summed E-state index contributed by atoms with van der Waals surface area (Å²) < 4.78 is 29.8. The van der Waals surface area contributed by atoms with Gasteiger partial charge < -0.3 is 14.4 Å². The number of fused-ring (bicyclic) bond motifs is 1. The number of aryl methyl sites for hydroxylation is 3. The van der Waals surface area contributed by atoms with Gasteiger partial charge in [0.15, 0.2) is 5.65 Å². The molecule has 0 saturated heterocycles. The largest absolute Gasteiger partial charge is 0.360 e. The molecule has 0 spiro atoms. The minimum Gasteiger partial charge on any atom is -0.360 e. The first-order chi connectivity index (χ1) is 15.8. The fraction of sp³-hybridized carbons (Fsp3) is 0.409. The zero-order valence-electron chi connectivity index (χ0n) is 19.4. The number of tetrazole rings is 1. The Hall–Kier alpha value is -3.63. The molecule has 33 heavy (non-hydrogen) atoms. The van der Waals surface area contributed by atoms with E-state index in [9.17, 15) is 8.78 Å². The van der Waals surface area contributed by atoms with Gasteiger partial charge in [0.25, 0.3) is 5.95 Å². The number of imidazole rings is 1. The van der Waals surface area contributed by atoms with Crippen LogP contribution < -0.4 is 9.80 Å². The summed E-state index contributed by atoms with van der Waals surface area (Å²) in [5, 5.41) is 12.4. The Morgan fingerprint density at radius 1 is 1.00 bits per heavy atom. The predicted octanol–water partition coefficient (Wildman–Crippen LogP) is 3.22. The molecule has 0 aliphatic carbocycles. The lowest BCUT2D eigenvalue weighted by Crippen LogP contribution is -2.27. The molecule has 0 saturated carbocycles. The average Bonchev–Trinajstić information content (AvgIpc) is 3.33. The average molecular weight is 456 g/mol. The van der Waals surface area contributed by atoms with Crippen LogP contribution in [0.25, 0.3) is 11.2 Å². The highest BCUT2D eigenvalue weighted by atomic mass is 19.1. The highest BCUT2D eigenvalue weighted by Crippen LogP contribution is 2.27. The number of rotatable bonds is 8. The molecular formula is C22H27F2N9. The number of hydrogen-bond acceptors (Lipinski definition) is 7. The number of benzene rings is 1. The summed E-state index contributed by atoms with van der Waals surface area (Å²) >= 11 is 0. The molecule has 0 amide bonds. The quantitative estimate of drug-likeness (QED) is 0.404. The van der Waals surface area contributed by atoms with Crippen molar-refractivity contribution in [1.29, 1.82) is 0 Å². The van der Waals surface area contributed by atoms with Crippen molar-refractivity contribution in [3.8, 4) is 0 Å². The third-order valence-electron chi connectivity index (χ3n) is 5.56. The number of halogens is 2. The summed E-state index contributed by atoms with van der Waals surface area (Å²) in [5.74, 6) is 0.783. The minimum atomic E-state index is -0.632. The molecule has 0 unspecified atom stereocenters. The van der Waals surface area contributed by atoms with Gasteiger partial charge in [-0.3, -0.25) is 0 Å². The molecular weight excluding hydrogens is 428 g/mol. The van der Waals surface area contributed by atoms with Gasteiger partial charge in [-0.15, -0.1) is 5.10 Å². The summed E-state index contributed by atoms with van der Waals surface area (Å²) in [6, 6.07) is 5.48.